The number of esters is 1. The molecule has 4 heteroatoms. The van der Waals surface area contributed by atoms with Crippen molar-refractivity contribution >= 4 is 11.9 Å². The average molecular weight is 283 g/mol. The predicted octanol–water partition coefficient (Wildman–Crippen LogP) is 3.00. The molecule has 1 amide bonds. The van der Waals surface area contributed by atoms with E-state index in [1.165, 1.54) is 0 Å². The van der Waals surface area contributed by atoms with Crippen LogP contribution in [0.25, 0.3) is 0 Å². The minimum atomic E-state index is -0.498. The summed E-state index contributed by atoms with van der Waals surface area (Å²) in [6.45, 7) is 10.1. The largest absolute Gasteiger partial charge is 0.464 e. The van der Waals surface area contributed by atoms with Gasteiger partial charge < -0.3 is 9.64 Å². The number of hydrogen-bond acceptors (Lipinski definition) is 3. The first-order chi connectivity index (χ1) is 9.38. The zero-order valence-electron chi connectivity index (χ0n) is 13.5. The van der Waals surface area contributed by atoms with Gasteiger partial charge in [0.2, 0.25) is 5.91 Å². The van der Waals surface area contributed by atoms with Crippen molar-refractivity contribution in [3.63, 3.8) is 0 Å². The van der Waals surface area contributed by atoms with Crippen LogP contribution >= 0.6 is 0 Å². The van der Waals surface area contributed by atoms with E-state index < -0.39 is 6.04 Å². The Kier molecular flexibility index (Phi) is 6.50. The highest BCUT2D eigenvalue weighted by molar-refractivity contribution is 5.86. The second kappa shape index (κ2) is 7.65. The third-order valence-corrected chi connectivity index (χ3v) is 4.22. The molecule has 116 valence electrons. The van der Waals surface area contributed by atoms with E-state index in [9.17, 15) is 9.59 Å². The van der Waals surface area contributed by atoms with Crippen molar-refractivity contribution in [2.75, 3.05) is 6.61 Å². The summed E-state index contributed by atoms with van der Waals surface area (Å²) in [5.74, 6) is 0.602. The fourth-order valence-electron chi connectivity index (χ4n) is 2.99. The molecule has 0 radical (unpaired) electrons. The minimum absolute atomic E-state index is 0.0151. The Morgan fingerprint density at radius 1 is 1.15 bits per heavy atom. The summed E-state index contributed by atoms with van der Waals surface area (Å²) < 4.78 is 5.06. The third kappa shape index (κ3) is 4.22. The van der Waals surface area contributed by atoms with Crippen molar-refractivity contribution in [1.29, 1.82) is 0 Å². The molecule has 1 aliphatic carbocycles. The van der Waals surface area contributed by atoms with Crippen LogP contribution in [0.1, 0.15) is 60.3 Å². The van der Waals surface area contributed by atoms with E-state index in [0.29, 0.717) is 12.5 Å². The molecular formula is C16H29NO3. The molecule has 4 nitrogen and oxygen atoms in total. The molecule has 0 unspecified atom stereocenters. The van der Waals surface area contributed by atoms with Crippen molar-refractivity contribution in [2.24, 2.45) is 11.8 Å². The highest BCUT2D eigenvalue weighted by Gasteiger charge is 2.34. The number of amides is 1. The summed E-state index contributed by atoms with van der Waals surface area (Å²) in [5, 5.41) is 0. The summed E-state index contributed by atoms with van der Waals surface area (Å²) in [5.41, 5.74) is 0. The first-order valence-corrected chi connectivity index (χ1v) is 7.87. The first kappa shape index (κ1) is 17.0. The predicted molar refractivity (Wildman–Crippen MR) is 79.2 cm³/mol. The topological polar surface area (TPSA) is 46.6 Å². The SMILES string of the molecule is CCOC(=O)[C@@H](C)N(C(=O)C1CCC(C)CC1)C(C)C. The molecule has 0 aromatic rings. The van der Waals surface area contributed by atoms with Crippen LogP contribution in [-0.4, -0.2) is 35.5 Å². The van der Waals surface area contributed by atoms with Gasteiger partial charge in [-0.15, -0.1) is 0 Å². The zero-order valence-corrected chi connectivity index (χ0v) is 13.5. The Hall–Kier alpha value is -1.06. The minimum Gasteiger partial charge on any atom is -0.464 e. The van der Waals surface area contributed by atoms with Gasteiger partial charge in [0.1, 0.15) is 6.04 Å². The molecule has 0 bridgehead atoms. The van der Waals surface area contributed by atoms with Gasteiger partial charge in [0.15, 0.2) is 0 Å². The molecular weight excluding hydrogens is 254 g/mol. The number of carbonyl (C=O) groups excluding carboxylic acids is 2. The van der Waals surface area contributed by atoms with Crippen LogP contribution in [0.4, 0.5) is 0 Å². The summed E-state index contributed by atoms with van der Waals surface area (Å²) in [6, 6.07) is -0.483. The van der Waals surface area contributed by atoms with E-state index >= 15 is 0 Å². The van der Waals surface area contributed by atoms with E-state index in [4.69, 9.17) is 4.74 Å². The second-order valence-electron chi connectivity index (χ2n) is 6.22. The van der Waals surface area contributed by atoms with Gasteiger partial charge in [-0.05, 0) is 59.3 Å². The molecule has 0 aromatic carbocycles. The van der Waals surface area contributed by atoms with Crippen LogP contribution in [0.3, 0.4) is 0 Å². The lowest BCUT2D eigenvalue weighted by Crippen LogP contribution is -2.50. The van der Waals surface area contributed by atoms with Crippen LogP contribution in [0.5, 0.6) is 0 Å². The van der Waals surface area contributed by atoms with Gasteiger partial charge in [-0.3, -0.25) is 4.79 Å². The summed E-state index contributed by atoms with van der Waals surface area (Å²) in [6.07, 6.45) is 4.10. The molecule has 0 spiro atoms. The van der Waals surface area contributed by atoms with E-state index in [0.717, 1.165) is 25.7 Å². The fourth-order valence-corrected chi connectivity index (χ4v) is 2.99. The monoisotopic (exact) mass is 283 g/mol. The maximum Gasteiger partial charge on any atom is 0.328 e. The first-order valence-electron chi connectivity index (χ1n) is 7.87. The third-order valence-electron chi connectivity index (χ3n) is 4.22. The van der Waals surface area contributed by atoms with E-state index in [1.54, 1.807) is 18.7 Å². The second-order valence-corrected chi connectivity index (χ2v) is 6.22. The number of hydrogen-bond donors (Lipinski definition) is 0. The molecule has 1 saturated carbocycles. The van der Waals surface area contributed by atoms with Crippen molar-refractivity contribution in [3.8, 4) is 0 Å². The molecule has 0 N–H and O–H groups in total. The lowest BCUT2D eigenvalue weighted by atomic mass is 9.82. The highest BCUT2D eigenvalue weighted by atomic mass is 16.5. The normalized spacial score (nSPS) is 24.3. The number of carbonyl (C=O) groups is 2. The molecule has 1 atom stereocenters. The molecule has 0 aliphatic heterocycles. The van der Waals surface area contributed by atoms with Crippen LogP contribution < -0.4 is 0 Å². The molecule has 0 saturated heterocycles. The quantitative estimate of drug-likeness (QED) is 0.729. The molecule has 1 fully saturated rings. The van der Waals surface area contributed by atoms with Gasteiger partial charge in [0, 0.05) is 12.0 Å². The number of nitrogens with zero attached hydrogens (tertiary/aromatic N) is 1. The van der Waals surface area contributed by atoms with Crippen molar-refractivity contribution < 1.29 is 14.3 Å². The Balaban J connectivity index is 2.74. The maximum atomic E-state index is 12.7. The Bertz CT molecular complexity index is 333. The van der Waals surface area contributed by atoms with E-state index in [-0.39, 0.29) is 23.8 Å². The number of rotatable bonds is 5. The molecule has 20 heavy (non-hydrogen) atoms. The van der Waals surface area contributed by atoms with Crippen LogP contribution in [0, 0.1) is 11.8 Å². The molecule has 0 aromatic heterocycles. The van der Waals surface area contributed by atoms with Gasteiger partial charge >= 0.3 is 5.97 Å². The van der Waals surface area contributed by atoms with Crippen molar-refractivity contribution in [1.82, 2.24) is 4.90 Å². The van der Waals surface area contributed by atoms with Gasteiger partial charge in [0.05, 0.1) is 6.61 Å². The van der Waals surface area contributed by atoms with E-state index in [2.05, 4.69) is 6.92 Å². The Morgan fingerprint density at radius 3 is 2.15 bits per heavy atom. The van der Waals surface area contributed by atoms with Gasteiger partial charge in [0.25, 0.3) is 0 Å². The van der Waals surface area contributed by atoms with Gasteiger partial charge in [-0.2, -0.15) is 0 Å². The maximum absolute atomic E-state index is 12.7. The van der Waals surface area contributed by atoms with Gasteiger partial charge in [-0.25, -0.2) is 4.79 Å². The van der Waals surface area contributed by atoms with Crippen LogP contribution in [0.2, 0.25) is 0 Å². The number of ether oxygens (including phenoxy) is 1. The summed E-state index contributed by atoms with van der Waals surface area (Å²) in [7, 11) is 0. The lowest BCUT2D eigenvalue weighted by Gasteiger charge is -2.36. The molecule has 0 heterocycles. The van der Waals surface area contributed by atoms with Crippen LogP contribution in [0.15, 0.2) is 0 Å². The lowest BCUT2D eigenvalue weighted by molar-refractivity contribution is -0.157. The molecule has 1 aliphatic rings. The standard InChI is InChI=1S/C16H29NO3/c1-6-20-16(19)13(5)17(11(2)3)15(18)14-9-7-12(4)8-10-14/h11-14H,6-10H2,1-5H3/t12?,13-,14?/m1/s1. The zero-order chi connectivity index (χ0) is 15.3. The fraction of sp³-hybridized carbons (Fsp3) is 0.875. The van der Waals surface area contributed by atoms with Crippen LogP contribution in [-0.2, 0) is 14.3 Å². The highest BCUT2D eigenvalue weighted by Crippen LogP contribution is 2.30. The summed E-state index contributed by atoms with van der Waals surface area (Å²) >= 11 is 0. The average Bonchev–Trinajstić information content (AvgIpc) is 2.39. The smallest absolute Gasteiger partial charge is 0.328 e. The van der Waals surface area contributed by atoms with Crippen molar-refractivity contribution in [2.45, 2.75) is 72.4 Å². The summed E-state index contributed by atoms with van der Waals surface area (Å²) in [4.78, 5) is 26.3. The van der Waals surface area contributed by atoms with E-state index in [1.807, 2.05) is 13.8 Å². The van der Waals surface area contributed by atoms with Gasteiger partial charge in [-0.1, -0.05) is 6.92 Å². The Labute approximate surface area is 122 Å². The van der Waals surface area contributed by atoms with Crippen molar-refractivity contribution in [3.05, 3.63) is 0 Å². The Morgan fingerprint density at radius 2 is 1.70 bits per heavy atom. The molecule has 1 rings (SSSR count).